The number of carbonyl (C=O) groups is 1. The minimum absolute atomic E-state index is 0.0167. The number of β-lactam (4-membered cyclic amide) rings is 1. The van der Waals surface area contributed by atoms with Gasteiger partial charge in [-0.25, -0.2) is 0 Å². The number of benzene rings is 4. The number of amides is 1. The number of hydrogen-bond donors (Lipinski definition) is 2. The average molecular weight is 450 g/mol. The van der Waals surface area contributed by atoms with Crippen molar-refractivity contribution in [2.24, 2.45) is 5.92 Å². The molecular weight excluding hydrogens is 422 g/mol. The number of para-hydroxylation sites is 1. The molecule has 4 heteroatoms. The van der Waals surface area contributed by atoms with Gasteiger partial charge in [0.15, 0.2) is 0 Å². The van der Waals surface area contributed by atoms with E-state index in [0.717, 1.165) is 27.9 Å². The highest BCUT2D eigenvalue weighted by atomic mass is 16.3. The van der Waals surface area contributed by atoms with Crippen LogP contribution in [0.1, 0.15) is 36.1 Å². The Kier molecular flexibility index (Phi) is 6.15. The molecule has 1 saturated heterocycles. The lowest BCUT2D eigenvalue weighted by molar-refractivity contribution is -0.131. The Bertz CT molecular complexity index is 1260. The molecule has 4 aromatic rings. The van der Waals surface area contributed by atoms with E-state index >= 15 is 0 Å². The lowest BCUT2D eigenvalue weighted by atomic mass is 9.77. The molecule has 0 aromatic heterocycles. The van der Waals surface area contributed by atoms with Gasteiger partial charge in [0.1, 0.15) is 5.75 Å². The van der Waals surface area contributed by atoms with Crippen LogP contribution in [0, 0.1) is 5.92 Å². The minimum Gasteiger partial charge on any atom is -0.508 e. The third kappa shape index (κ3) is 4.20. The summed E-state index contributed by atoms with van der Waals surface area (Å²) in [5.74, 6) is -0.122. The Morgan fingerprint density at radius 2 is 1.38 bits per heavy atom. The summed E-state index contributed by atoms with van der Waals surface area (Å²) in [5.41, 5.74) is 4.33. The van der Waals surface area contributed by atoms with Gasteiger partial charge < -0.3 is 15.1 Å². The fourth-order valence-electron chi connectivity index (χ4n) is 4.85. The van der Waals surface area contributed by atoms with Crippen LogP contribution in [0.4, 0.5) is 5.69 Å². The van der Waals surface area contributed by atoms with Gasteiger partial charge in [0, 0.05) is 11.3 Å². The second-order valence-corrected chi connectivity index (χ2v) is 8.74. The highest BCUT2D eigenvalue weighted by molar-refractivity contribution is 6.03. The number of rotatable bonds is 7. The van der Waals surface area contributed by atoms with Gasteiger partial charge in [-0.1, -0.05) is 91.0 Å². The molecule has 1 amide bonds. The molecule has 4 nitrogen and oxygen atoms in total. The molecule has 170 valence electrons. The highest BCUT2D eigenvalue weighted by Crippen LogP contribution is 2.49. The van der Waals surface area contributed by atoms with Crippen LogP contribution < -0.4 is 4.90 Å². The molecule has 34 heavy (non-hydrogen) atoms. The van der Waals surface area contributed by atoms with Crippen LogP contribution in [0.3, 0.4) is 0 Å². The van der Waals surface area contributed by atoms with Gasteiger partial charge in [-0.2, -0.15) is 0 Å². The Labute approximate surface area is 199 Å². The van der Waals surface area contributed by atoms with E-state index in [-0.39, 0.29) is 23.6 Å². The first kappa shape index (κ1) is 21.9. The molecule has 1 heterocycles. The number of aromatic hydroxyl groups is 1. The maximum atomic E-state index is 13.3. The molecule has 5 rings (SSSR count). The smallest absolute Gasteiger partial charge is 0.233 e. The van der Waals surface area contributed by atoms with E-state index in [0.29, 0.717) is 12.8 Å². The van der Waals surface area contributed by atoms with Crippen molar-refractivity contribution in [2.45, 2.75) is 25.0 Å². The summed E-state index contributed by atoms with van der Waals surface area (Å²) in [6.45, 7) is 0. The molecular formula is C30H27NO3. The van der Waals surface area contributed by atoms with Crippen molar-refractivity contribution in [1.29, 1.82) is 0 Å². The zero-order chi connectivity index (χ0) is 23.5. The maximum Gasteiger partial charge on any atom is 0.233 e. The van der Waals surface area contributed by atoms with Crippen LogP contribution in [0.5, 0.6) is 5.75 Å². The van der Waals surface area contributed by atoms with Gasteiger partial charge in [0.05, 0.1) is 18.1 Å². The second kappa shape index (κ2) is 9.54. The quantitative estimate of drug-likeness (QED) is 0.327. The normalized spacial score (nSPS) is 18.4. The lowest BCUT2D eigenvalue weighted by Gasteiger charge is -2.48. The summed E-state index contributed by atoms with van der Waals surface area (Å²) in [6, 6.07) is 34.4. The van der Waals surface area contributed by atoms with E-state index in [2.05, 4.69) is 0 Å². The van der Waals surface area contributed by atoms with Crippen molar-refractivity contribution >= 4 is 11.6 Å². The SMILES string of the molecule is O=C1C(CCC(O)c2ccccc2)C(c2ccc(-c3ccccc3)cc2O)N1c1ccccc1. The van der Waals surface area contributed by atoms with Crippen molar-refractivity contribution in [3.05, 3.63) is 120 Å². The molecule has 1 aliphatic rings. The summed E-state index contributed by atoms with van der Waals surface area (Å²) in [4.78, 5) is 15.0. The topological polar surface area (TPSA) is 60.8 Å². The van der Waals surface area contributed by atoms with E-state index in [9.17, 15) is 15.0 Å². The van der Waals surface area contributed by atoms with E-state index < -0.39 is 6.10 Å². The molecule has 4 aromatic carbocycles. The predicted octanol–water partition coefficient (Wildman–Crippen LogP) is 6.28. The van der Waals surface area contributed by atoms with Crippen molar-refractivity contribution in [3.8, 4) is 16.9 Å². The average Bonchev–Trinajstić information content (AvgIpc) is 2.89. The number of aliphatic hydroxyl groups is 1. The van der Waals surface area contributed by atoms with Crippen LogP contribution in [0.25, 0.3) is 11.1 Å². The molecule has 0 aliphatic carbocycles. The predicted molar refractivity (Wildman–Crippen MR) is 134 cm³/mol. The van der Waals surface area contributed by atoms with Gasteiger partial charge in [0.2, 0.25) is 5.91 Å². The number of hydrogen-bond acceptors (Lipinski definition) is 3. The van der Waals surface area contributed by atoms with E-state index in [1.807, 2.05) is 103 Å². The first-order valence-corrected chi connectivity index (χ1v) is 11.6. The lowest BCUT2D eigenvalue weighted by Crippen LogP contribution is -2.55. The van der Waals surface area contributed by atoms with Crippen molar-refractivity contribution in [3.63, 3.8) is 0 Å². The molecule has 0 radical (unpaired) electrons. The third-order valence-electron chi connectivity index (χ3n) is 6.64. The van der Waals surface area contributed by atoms with E-state index in [4.69, 9.17) is 0 Å². The number of aliphatic hydroxyl groups excluding tert-OH is 1. The molecule has 0 spiro atoms. The molecule has 1 fully saturated rings. The molecule has 3 unspecified atom stereocenters. The molecule has 0 saturated carbocycles. The Morgan fingerprint density at radius 1 is 0.765 bits per heavy atom. The zero-order valence-corrected chi connectivity index (χ0v) is 18.8. The minimum atomic E-state index is -0.630. The first-order chi connectivity index (χ1) is 16.6. The number of anilines is 1. The van der Waals surface area contributed by atoms with Crippen LogP contribution in [0.2, 0.25) is 0 Å². The molecule has 3 atom stereocenters. The fraction of sp³-hybridized carbons (Fsp3) is 0.167. The summed E-state index contributed by atoms with van der Waals surface area (Å²) < 4.78 is 0. The molecule has 1 aliphatic heterocycles. The standard InChI is InChI=1S/C30H27NO3/c32-27(22-12-6-2-7-13-22)19-18-26-29(31(30(26)34)24-14-8-3-9-15-24)25-17-16-23(20-28(25)33)21-10-4-1-5-11-21/h1-17,20,26-27,29,32-33H,18-19H2. The van der Waals surface area contributed by atoms with Crippen molar-refractivity contribution in [2.75, 3.05) is 4.90 Å². The Balaban J connectivity index is 1.43. The fourth-order valence-corrected chi connectivity index (χ4v) is 4.85. The van der Waals surface area contributed by atoms with E-state index in [1.165, 1.54) is 0 Å². The second-order valence-electron chi connectivity index (χ2n) is 8.74. The van der Waals surface area contributed by atoms with Crippen LogP contribution in [-0.2, 0) is 4.79 Å². The molecule has 0 bridgehead atoms. The van der Waals surface area contributed by atoms with E-state index in [1.54, 1.807) is 11.0 Å². The number of phenolic OH excluding ortho intramolecular Hbond substituents is 1. The van der Waals surface area contributed by atoms with Gasteiger partial charge in [-0.05, 0) is 47.7 Å². The number of nitrogens with zero attached hydrogens (tertiary/aromatic N) is 1. The van der Waals surface area contributed by atoms with Crippen LogP contribution >= 0.6 is 0 Å². The third-order valence-corrected chi connectivity index (χ3v) is 6.64. The summed E-state index contributed by atoms with van der Waals surface area (Å²) in [6.07, 6.45) is 0.375. The summed E-state index contributed by atoms with van der Waals surface area (Å²) >= 11 is 0. The maximum absolute atomic E-state index is 13.3. The van der Waals surface area contributed by atoms with Gasteiger partial charge in [0.25, 0.3) is 0 Å². The Hall–Kier alpha value is -3.89. The van der Waals surface area contributed by atoms with Gasteiger partial charge in [-0.3, -0.25) is 4.79 Å². The van der Waals surface area contributed by atoms with Crippen LogP contribution in [0.15, 0.2) is 109 Å². The molecule has 2 N–H and O–H groups in total. The Morgan fingerprint density at radius 3 is 2.03 bits per heavy atom. The summed E-state index contributed by atoms with van der Waals surface area (Å²) in [7, 11) is 0. The largest absolute Gasteiger partial charge is 0.508 e. The number of phenols is 1. The zero-order valence-electron chi connectivity index (χ0n) is 18.8. The van der Waals surface area contributed by atoms with Gasteiger partial charge in [-0.15, -0.1) is 0 Å². The van der Waals surface area contributed by atoms with Crippen LogP contribution in [-0.4, -0.2) is 16.1 Å². The highest BCUT2D eigenvalue weighted by Gasteiger charge is 2.49. The van der Waals surface area contributed by atoms with Crippen molar-refractivity contribution in [1.82, 2.24) is 0 Å². The monoisotopic (exact) mass is 449 g/mol. The van der Waals surface area contributed by atoms with Gasteiger partial charge >= 0.3 is 0 Å². The van der Waals surface area contributed by atoms with Crippen molar-refractivity contribution < 1.29 is 15.0 Å². The number of carbonyl (C=O) groups excluding carboxylic acids is 1. The first-order valence-electron chi connectivity index (χ1n) is 11.6. The summed E-state index contributed by atoms with van der Waals surface area (Å²) in [5, 5.41) is 21.7.